The maximum absolute atomic E-state index is 12.8. The fourth-order valence-corrected chi connectivity index (χ4v) is 3.76. The molecule has 7 nitrogen and oxygen atoms in total. The zero-order valence-electron chi connectivity index (χ0n) is 18.7. The molecule has 0 aromatic heterocycles. The SMILES string of the molecule is Cc1ccc(C(C)OC(=O)C2(C)CCC(C(=O)[O-])C2(C)C)cc1.OCCNCCO. The first-order chi connectivity index (χ1) is 14.0. The summed E-state index contributed by atoms with van der Waals surface area (Å²) >= 11 is 0. The van der Waals surface area contributed by atoms with Gasteiger partial charge < -0.3 is 30.2 Å². The molecule has 1 aliphatic rings. The normalized spacial score (nSPS) is 23.2. The predicted molar refractivity (Wildman–Crippen MR) is 112 cm³/mol. The summed E-state index contributed by atoms with van der Waals surface area (Å²) in [5.74, 6) is -2.05. The monoisotopic (exact) mass is 422 g/mol. The molecule has 2 rings (SSSR count). The number of aliphatic hydroxyl groups is 2. The van der Waals surface area contributed by atoms with Crippen molar-refractivity contribution in [3.05, 3.63) is 35.4 Å². The average molecular weight is 423 g/mol. The lowest BCUT2D eigenvalue weighted by Gasteiger charge is -2.40. The first-order valence-electron chi connectivity index (χ1n) is 10.4. The number of carboxylic acid groups (broad SMARTS) is 1. The van der Waals surface area contributed by atoms with E-state index in [0.29, 0.717) is 25.9 Å². The summed E-state index contributed by atoms with van der Waals surface area (Å²) in [6.45, 7) is 10.7. The summed E-state index contributed by atoms with van der Waals surface area (Å²) in [6, 6.07) is 7.85. The van der Waals surface area contributed by atoms with Crippen LogP contribution in [0.4, 0.5) is 0 Å². The second-order valence-corrected chi connectivity index (χ2v) is 8.62. The van der Waals surface area contributed by atoms with E-state index in [-0.39, 0.29) is 25.3 Å². The molecule has 1 aliphatic carbocycles. The van der Waals surface area contributed by atoms with Gasteiger partial charge in [-0.3, -0.25) is 4.79 Å². The molecule has 30 heavy (non-hydrogen) atoms. The molecule has 0 aliphatic heterocycles. The number of benzene rings is 1. The molecule has 1 aromatic rings. The van der Waals surface area contributed by atoms with Gasteiger partial charge in [-0.05, 0) is 44.6 Å². The standard InChI is InChI=1S/C19H26O4.C4H11NO2/c1-12-6-8-14(9-7-12)13(2)23-17(22)19(5)11-10-15(16(20)21)18(19,3)4;6-3-1-5-2-4-7/h6-9,13,15H,10-11H2,1-5H3,(H,20,21);5-7H,1-4H2/p-1. The van der Waals surface area contributed by atoms with Crippen LogP contribution in [-0.2, 0) is 14.3 Å². The van der Waals surface area contributed by atoms with Crippen LogP contribution in [0.5, 0.6) is 0 Å². The van der Waals surface area contributed by atoms with Gasteiger partial charge >= 0.3 is 5.97 Å². The number of hydrogen-bond donors (Lipinski definition) is 3. The number of rotatable bonds is 8. The average Bonchev–Trinajstić information content (AvgIpc) is 2.93. The van der Waals surface area contributed by atoms with Gasteiger partial charge in [-0.25, -0.2) is 0 Å². The number of ether oxygens (including phenoxy) is 1. The second-order valence-electron chi connectivity index (χ2n) is 8.62. The molecular formula is C23H36NO6-. The summed E-state index contributed by atoms with van der Waals surface area (Å²) in [4.78, 5) is 24.1. The summed E-state index contributed by atoms with van der Waals surface area (Å²) < 4.78 is 5.67. The first kappa shape index (κ1) is 26.1. The van der Waals surface area contributed by atoms with Crippen molar-refractivity contribution in [1.29, 1.82) is 0 Å². The summed E-state index contributed by atoms with van der Waals surface area (Å²) in [6.07, 6.45) is 0.579. The predicted octanol–water partition coefficient (Wildman–Crippen LogP) is 1.35. The molecule has 3 N–H and O–H groups in total. The zero-order chi connectivity index (χ0) is 22.9. The number of carboxylic acids is 1. The van der Waals surface area contributed by atoms with Gasteiger partial charge in [-0.1, -0.05) is 43.7 Å². The summed E-state index contributed by atoms with van der Waals surface area (Å²) in [7, 11) is 0. The molecule has 1 fully saturated rings. The third-order valence-electron chi connectivity index (χ3n) is 6.37. The maximum atomic E-state index is 12.8. The number of aliphatic hydroxyl groups excluding tert-OH is 2. The molecule has 0 amide bonds. The van der Waals surface area contributed by atoms with Crippen LogP contribution in [0, 0.1) is 23.7 Å². The van der Waals surface area contributed by atoms with Gasteiger partial charge in [0.2, 0.25) is 0 Å². The van der Waals surface area contributed by atoms with E-state index in [1.807, 2.05) is 52.0 Å². The van der Waals surface area contributed by atoms with Crippen LogP contribution >= 0.6 is 0 Å². The Morgan fingerprint density at radius 3 is 2.13 bits per heavy atom. The van der Waals surface area contributed by atoms with Crippen LogP contribution < -0.4 is 10.4 Å². The molecule has 1 aromatic carbocycles. The molecule has 3 atom stereocenters. The maximum Gasteiger partial charge on any atom is 0.312 e. The van der Waals surface area contributed by atoms with Crippen LogP contribution in [0.25, 0.3) is 0 Å². The van der Waals surface area contributed by atoms with Crippen LogP contribution in [0.15, 0.2) is 24.3 Å². The van der Waals surface area contributed by atoms with Crippen molar-refractivity contribution in [2.45, 2.75) is 53.6 Å². The molecule has 0 bridgehead atoms. The van der Waals surface area contributed by atoms with Crippen molar-refractivity contribution in [2.75, 3.05) is 26.3 Å². The largest absolute Gasteiger partial charge is 0.550 e. The van der Waals surface area contributed by atoms with Crippen LogP contribution in [0.1, 0.15) is 57.8 Å². The van der Waals surface area contributed by atoms with Gasteiger partial charge in [0.05, 0.1) is 18.6 Å². The molecule has 0 saturated heterocycles. The minimum Gasteiger partial charge on any atom is -0.550 e. The Morgan fingerprint density at radius 2 is 1.70 bits per heavy atom. The lowest BCUT2D eigenvalue weighted by atomic mass is 9.65. The molecule has 0 radical (unpaired) electrons. The number of carbonyl (C=O) groups is 2. The topological polar surface area (TPSA) is 119 Å². The van der Waals surface area contributed by atoms with Crippen molar-refractivity contribution in [2.24, 2.45) is 16.7 Å². The van der Waals surface area contributed by atoms with Gasteiger partial charge in [0.15, 0.2) is 0 Å². The third-order valence-corrected chi connectivity index (χ3v) is 6.37. The van der Waals surface area contributed by atoms with Gasteiger partial charge in [0, 0.05) is 25.0 Å². The number of esters is 1. The van der Waals surface area contributed by atoms with E-state index in [9.17, 15) is 14.7 Å². The molecule has 3 unspecified atom stereocenters. The highest BCUT2D eigenvalue weighted by atomic mass is 16.5. The highest BCUT2D eigenvalue weighted by Crippen LogP contribution is 2.56. The van der Waals surface area contributed by atoms with E-state index >= 15 is 0 Å². The number of hydrogen-bond acceptors (Lipinski definition) is 7. The molecule has 1 saturated carbocycles. The third kappa shape index (κ3) is 6.27. The van der Waals surface area contributed by atoms with E-state index in [2.05, 4.69) is 5.32 Å². The van der Waals surface area contributed by atoms with E-state index in [1.165, 1.54) is 0 Å². The van der Waals surface area contributed by atoms with Crippen molar-refractivity contribution in [1.82, 2.24) is 5.32 Å². The molecule has 0 heterocycles. The molecule has 7 heteroatoms. The quantitative estimate of drug-likeness (QED) is 0.427. The van der Waals surface area contributed by atoms with Crippen molar-refractivity contribution in [3.63, 3.8) is 0 Å². The van der Waals surface area contributed by atoms with Gasteiger partial charge in [-0.15, -0.1) is 0 Å². The highest BCUT2D eigenvalue weighted by Gasteiger charge is 2.57. The van der Waals surface area contributed by atoms with Gasteiger partial charge in [-0.2, -0.15) is 0 Å². The van der Waals surface area contributed by atoms with Gasteiger partial charge in [0.1, 0.15) is 6.10 Å². The lowest BCUT2D eigenvalue weighted by molar-refractivity contribution is -0.315. The minimum absolute atomic E-state index is 0.139. The lowest BCUT2D eigenvalue weighted by Crippen LogP contribution is -2.46. The van der Waals surface area contributed by atoms with Crippen LogP contribution in [0.2, 0.25) is 0 Å². The summed E-state index contributed by atoms with van der Waals surface area (Å²) in [5, 5.41) is 30.4. The second kappa shape index (κ2) is 11.4. The van der Waals surface area contributed by atoms with Crippen LogP contribution in [0.3, 0.4) is 0 Å². The van der Waals surface area contributed by atoms with Crippen LogP contribution in [-0.4, -0.2) is 48.5 Å². The summed E-state index contributed by atoms with van der Waals surface area (Å²) in [5.41, 5.74) is 0.555. The highest BCUT2D eigenvalue weighted by molar-refractivity contribution is 5.81. The number of aliphatic carboxylic acids is 1. The van der Waals surface area contributed by atoms with E-state index in [0.717, 1.165) is 11.1 Å². The van der Waals surface area contributed by atoms with Crippen molar-refractivity contribution in [3.8, 4) is 0 Å². The Kier molecular flexibility index (Phi) is 9.94. The Hall–Kier alpha value is -1.96. The van der Waals surface area contributed by atoms with E-state index < -0.39 is 22.7 Å². The Bertz CT molecular complexity index is 683. The Labute approximate surface area is 179 Å². The molecule has 0 spiro atoms. The van der Waals surface area contributed by atoms with E-state index in [4.69, 9.17) is 14.9 Å². The number of nitrogens with one attached hydrogen (secondary N) is 1. The fraction of sp³-hybridized carbons (Fsp3) is 0.652. The van der Waals surface area contributed by atoms with Crippen molar-refractivity contribution >= 4 is 11.9 Å². The van der Waals surface area contributed by atoms with Gasteiger partial charge in [0.25, 0.3) is 0 Å². The first-order valence-corrected chi connectivity index (χ1v) is 10.4. The molecular weight excluding hydrogens is 386 g/mol. The number of aryl methyl sites for hydroxylation is 1. The Balaban J connectivity index is 0.000000553. The Morgan fingerprint density at radius 1 is 1.17 bits per heavy atom. The minimum atomic E-state index is -1.09. The zero-order valence-corrected chi connectivity index (χ0v) is 18.7. The van der Waals surface area contributed by atoms with Crippen molar-refractivity contribution < 1.29 is 29.6 Å². The number of carbonyl (C=O) groups excluding carboxylic acids is 2. The molecule has 170 valence electrons. The van der Waals surface area contributed by atoms with E-state index in [1.54, 1.807) is 6.92 Å². The fourth-order valence-electron chi connectivity index (χ4n) is 3.76. The smallest absolute Gasteiger partial charge is 0.312 e.